The number of nitrogens with two attached hydrogens (primary N) is 1. The summed E-state index contributed by atoms with van der Waals surface area (Å²) in [5, 5.41) is 21.7. The minimum Gasteiger partial charge on any atom is -0.444 e. The molecule has 198 valence electrons. The number of rotatable bonds is 13. The van der Waals surface area contributed by atoms with E-state index in [0.29, 0.717) is 19.0 Å². The van der Waals surface area contributed by atoms with Crippen molar-refractivity contribution >= 4 is 12.2 Å². The predicted molar refractivity (Wildman–Crippen MR) is 133 cm³/mol. The van der Waals surface area contributed by atoms with Crippen LogP contribution >= 0.6 is 0 Å². The Bertz CT molecular complexity index is 462. The van der Waals surface area contributed by atoms with Crippen molar-refractivity contribution in [1.82, 2.24) is 21.3 Å². The fourth-order valence-corrected chi connectivity index (χ4v) is 2.35. The molecule has 2 unspecified atom stereocenters. The third-order valence-corrected chi connectivity index (χ3v) is 3.70. The van der Waals surface area contributed by atoms with Crippen molar-refractivity contribution in [2.75, 3.05) is 45.8 Å². The quantitative estimate of drug-likeness (QED) is 0.221. The van der Waals surface area contributed by atoms with Crippen molar-refractivity contribution in [3.8, 4) is 0 Å². The normalized spacial score (nSPS) is 13.3. The highest BCUT2D eigenvalue weighted by atomic mass is 16.6. The fraction of sp³-hybridized carbons (Fsp3) is 0.913. The molecule has 0 aromatic rings. The highest BCUT2D eigenvalue weighted by Gasteiger charge is 2.17. The van der Waals surface area contributed by atoms with Gasteiger partial charge in [-0.2, -0.15) is 0 Å². The van der Waals surface area contributed by atoms with E-state index < -0.39 is 23.4 Å². The van der Waals surface area contributed by atoms with Crippen molar-refractivity contribution in [3.05, 3.63) is 0 Å². The van der Waals surface area contributed by atoms with Gasteiger partial charge in [-0.25, -0.2) is 9.59 Å². The molecule has 10 nitrogen and oxygen atoms in total. The topological polar surface area (TPSA) is 147 Å². The lowest BCUT2D eigenvalue weighted by Crippen LogP contribution is -2.40. The Morgan fingerprint density at radius 3 is 1.64 bits per heavy atom. The minimum absolute atomic E-state index is 0.151. The first-order valence-corrected chi connectivity index (χ1v) is 11.9. The molecule has 33 heavy (non-hydrogen) atoms. The average Bonchev–Trinajstić information content (AvgIpc) is 2.64. The van der Waals surface area contributed by atoms with Crippen LogP contribution in [0.25, 0.3) is 0 Å². The molecule has 0 saturated heterocycles. The van der Waals surface area contributed by atoms with Gasteiger partial charge in [0.25, 0.3) is 0 Å². The molecule has 0 aliphatic carbocycles. The number of nitrogens with one attached hydrogen (secondary N) is 4. The van der Waals surface area contributed by atoms with Gasteiger partial charge in [-0.3, -0.25) is 0 Å². The smallest absolute Gasteiger partial charge is 0.407 e. The van der Waals surface area contributed by atoms with Gasteiger partial charge >= 0.3 is 12.2 Å². The van der Waals surface area contributed by atoms with Gasteiger partial charge in [0.2, 0.25) is 0 Å². The van der Waals surface area contributed by atoms with Gasteiger partial charge in [0.1, 0.15) is 11.2 Å². The van der Waals surface area contributed by atoms with Gasteiger partial charge in [0.15, 0.2) is 0 Å². The van der Waals surface area contributed by atoms with Crippen LogP contribution in [0, 0.1) is 5.92 Å². The highest BCUT2D eigenvalue weighted by Crippen LogP contribution is 2.07. The standard InChI is InChI=1S/C21H44N4O5.C2H7N/c1-16(13-24-18(27)29-20(2,3)4)12-22-10-8-9-11-23-14-17(26)15-25-19(28)30-21(5,6)7;1-2-3/h16-17,22-23,26H,8-15H2,1-7H3,(H,24,27)(H,25,28);2-3H2,1H3. The van der Waals surface area contributed by atoms with Crippen LogP contribution < -0.4 is 27.0 Å². The largest absolute Gasteiger partial charge is 0.444 e. The van der Waals surface area contributed by atoms with Crippen LogP contribution in [0.15, 0.2) is 0 Å². The Kier molecular flexibility index (Phi) is 19.1. The van der Waals surface area contributed by atoms with Crippen molar-refractivity contribution < 1.29 is 24.2 Å². The van der Waals surface area contributed by atoms with Crippen molar-refractivity contribution in [3.63, 3.8) is 0 Å². The molecule has 0 fully saturated rings. The molecule has 0 saturated carbocycles. The molecule has 0 rings (SSSR count). The Morgan fingerprint density at radius 2 is 1.21 bits per heavy atom. The maximum Gasteiger partial charge on any atom is 0.407 e. The van der Waals surface area contributed by atoms with Gasteiger partial charge in [0, 0.05) is 19.6 Å². The minimum atomic E-state index is -0.658. The Balaban J connectivity index is 0. The van der Waals surface area contributed by atoms with Crippen LogP contribution in [0.3, 0.4) is 0 Å². The molecule has 0 aliphatic heterocycles. The molecule has 0 spiro atoms. The number of amides is 2. The lowest BCUT2D eigenvalue weighted by molar-refractivity contribution is 0.0488. The molecule has 0 aromatic heterocycles. The Morgan fingerprint density at radius 1 is 0.818 bits per heavy atom. The van der Waals surface area contributed by atoms with E-state index in [2.05, 4.69) is 28.2 Å². The number of aliphatic hydroxyl groups is 1. The zero-order valence-electron chi connectivity index (χ0n) is 22.2. The second-order valence-corrected chi connectivity index (χ2v) is 10.0. The number of ether oxygens (including phenoxy) is 2. The number of hydrogen-bond acceptors (Lipinski definition) is 8. The first-order chi connectivity index (χ1) is 15.2. The summed E-state index contributed by atoms with van der Waals surface area (Å²) in [7, 11) is 0. The van der Waals surface area contributed by atoms with Gasteiger partial charge in [-0.1, -0.05) is 13.8 Å². The summed E-state index contributed by atoms with van der Waals surface area (Å²) in [6.07, 6.45) is 0.413. The molecule has 0 bridgehead atoms. The summed E-state index contributed by atoms with van der Waals surface area (Å²) in [6, 6.07) is 0. The first kappa shape index (κ1) is 33.6. The number of carbonyl (C=O) groups excluding carboxylic acids is 2. The van der Waals surface area contributed by atoms with Crippen molar-refractivity contribution in [2.45, 2.75) is 85.5 Å². The van der Waals surface area contributed by atoms with Gasteiger partial charge < -0.3 is 41.6 Å². The van der Waals surface area contributed by atoms with Crippen molar-refractivity contribution in [2.24, 2.45) is 11.7 Å². The zero-order chi connectivity index (χ0) is 25.9. The third kappa shape index (κ3) is 28.3. The zero-order valence-corrected chi connectivity index (χ0v) is 22.2. The summed E-state index contributed by atoms with van der Waals surface area (Å²) in [4.78, 5) is 23.1. The molecular weight excluding hydrogens is 426 g/mol. The van der Waals surface area contributed by atoms with Gasteiger partial charge in [-0.05, 0) is 86.5 Å². The molecule has 0 aromatic carbocycles. The van der Waals surface area contributed by atoms with E-state index in [-0.39, 0.29) is 12.6 Å². The van der Waals surface area contributed by atoms with E-state index in [4.69, 9.17) is 15.2 Å². The fourth-order valence-electron chi connectivity index (χ4n) is 2.35. The maximum atomic E-state index is 11.6. The lowest BCUT2D eigenvalue weighted by atomic mass is 10.2. The van der Waals surface area contributed by atoms with E-state index in [0.717, 1.165) is 39.0 Å². The summed E-state index contributed by atoms with van der Waals surface area (Å²) >= 11 is 0. The van der Waals surface area contributed by atoms with Crippen LogP contribution in [0.2, 0.25) is 0 Å². The van der Waals surface area contributed by atoms with Gasteiger partial charge in [0.05, 0.1) is 6.10 Å². The van der Waals surface area contributed by atoms with E-state index in [1.54, 1.807) is 20.8 Å². The molecule has 0 heterocycles. The monoisotopic (exact) mass is 477 g/mol. The third-order valence-electron chi connectivity index (χ3n) is 3.70. The Labute approximate surface area is 201 Å². The molecule has 7 N–H and O–H groups in total. The SMILES string of the molecule is CC(CNCCCCNCC(O)CNC(=O)OC(C)(C)C)CNC(=O)OC(C)(C)C.CCN. The first-order valence-electron chi connectivity index (χ1n) is 11.9. The average molecular weight is 478 g/mol. The molecule has 2 atom stereocenters. The Hall–Kier alpha value is -1.62. The number of alkyl carbamates (subject to hydrolysis) is 2. The van der Waals surface area contributed by atoms with Crippen LogP contribution in [-0.4, -0.2) is 80.4 Å². The van der Waals surface area contributed by atoms with Crippen molar-refractivity contribution in [1.29, 1.82) is 0 Å². The van der Waals surface area contributed by atoms with Crippen LogP contribution in [0.5, 0.6) is 0 Å². The number of aliphatic hydroxyl groups excluding tert-OH is 1. The molecule has 0 radical (unpaired) electrons. The predicted octanol–water partition coefficient (Wildman–Crippen LogP) is 1.96. The summed E-state index contributed by atoms with van der Waals surface area (Å²) in [6.45, 7) is 19.3. The number of hydrogen-bond donors (Lipinski definition) is 6. The highest BCUT2D eigenvalue weighted by molar-refractivity contribution is 5.68. The maximum absolute atomic E-state index is 11.6. The number of unbranched alkanes of at least 4 members (excludes halogenated alkanes) is 1. The van der Waals surface area contributed by atoms with E-state index >= 15 is 0 Å². The lowest BCUT2D eigenvalue weighted by Gasteiger charge is -2.21. The molecule has 2 amide bonds. The van der Waals surface area contributed by atoms with Crippen LogP contribution in [0.1, 0.15) is 68.2 Å². The summed E-state index contributed by atoms with van der Waals surface area (Å²) < 4.78 is 10.3. The van der Waals surface area contributed by atoms with E-state index in [1.165, 1.54) is 0 Å². The van der Waals surface area contributed by atoms with Gasteiger partial charge in [-0.15, -0.1) is 0 Å². The van der Waals surface area contributed by atoms with Crippen LogP contribution in [0.4, 0.5) is 9.59 Å². The van der Waals surface area contributed by atoms with E-state index in [9.17, 15) is 14.7 Å². The molecule has 0 aliphatic rings. The summed E-state index contributed by atoms with van der Waals surface area (Å²) in [5.41, 5.74) is 3.82. The molecule has 10 heteroatoms. The van der Waals surface area contributed by atoms with E-state index in [1.807, 2.05) is 27.7 Å². The second kappa shape index (κ2) is 18.8. The summed E-state index contributed by atoms with van der Waals surface area (Å²) in [5.74, 6) is 0.309. The molecular formula is C23H51N5O5. The second-order valence-electron chi connectivity index (χ2n) is 10.0. The van der Waals surface area contributed by atoms with Crippen LogP contribution in [-0.2, 0) is 9.47 Å². The number of carbonyl (C=O) groups is 2.